The number of primary amides is 1. The topological polar surface area (TPSA) is 150 Å². The number of carbonyl (C=O) groups excluding carboxylic acids is 2. The molecule has 38 heavy (non-hydrogen) atoms. The van der Waals surface area contributed by atoms with Gasteiger partial charge >= 0.3 is 0 Å². The van der Waals surface area contributed by atoms with E-state index in [9.17, 15) is 19.8 Å². The number of aromatic amines is 1. The van der Waals surface area contributed by atoms with Gasteiger partial charge in [0.15, 0.2) is 0 Å². The SMILES string of the molecule is NC(=O)[C@@H](Cc1c[nH]c2ccccc12)NC(=O)C1=C[C@@H](Oc2cccc(N3CCOCC3)c2)[C@H](O)[C@H](O)C1. The number of hydrogen-bond acceptors (Lipinski definition) is 7. The molecule has 1 saturated heterocycles. The first kappa shape index (κ1) is 25.8. The molecule has 0 saturated carbocycles. The summed E-state index contributed by atoms with van der Waals surface area (Å²) in [5, 5.41) is 24.7. The van der Waals surface area contributed by atoms with Gasteiger partial charge in [0.05, 0.1) is 19.3 Å². The van der Waals surface area contributed by atoms with Crippen molar-refractivity contribution in [3.63, 3.8) is 0 Å². The number of aliphatic hydroxyl groups is 2. The maximum atomic E-state index is 13.2. The van der Waals surface area contributed by atoms with Crippen molar-refractivity contribution in [1.29, 1.82) is 0 Å². The van der Waals surface area contributed by atoms with E-state index in [0.29, 0.717) is 19.0 Å². The zero-order valence-corrected chi connectivity index (χ0v) is 20.9. The van der Waals surface area contributed by atoms with Crippen molar-refractivity contribution in [2.45, 2.75) is 37.2 Å². The van der Waals surface area contributed by atoms with Crippen LogP contribution in [0.25, 0.3) is 10.9 Å². The number of hydrogen-bond donors (Lipinski definition) is 5. The van der Waals surface area contributed by atoms with Crippen LogP contribution in [-0.2, 0) is 20.7 Å². The van der Waals surface area contributed by atoms with Gasteiger partial charge in [0.25, 0.3) is 0 Å². The van der Waals surface area contributed by atoms with Gasteiger partial charge in [-0.15, -0.1) is 0 Å². The third kappa shape index (κ3) is 5.67. The van der Waals surface area contributed by atoms with Crippen molar-refractivity contribution in [1.82, 2.24) is 10.3 Å². The molecule has 2 heterocycles. The fraction of sp³-hybridized carbons (Fsp3) is 0.357. The maximum absolute atomic E-state index is 13.2. The molecule has 2 aliphatic rings. The Morgan fingerprint density at radius 1 is 1.16 bits per heavy atom. The van der Waals surface area contributed by atoms with Gasteiger partial charge in [0, 0.05) is 60.4 Å². The molecule has 2 amide bonds. The minimum absolute atomic E-state index is 0.0841. The average Bonchev–Trinajstić information content (AvgIpc) is 3.34. The first-order valence-electron chi connectivity index (χ1n) is 12.7. The Morgan fingerprint density at radius 2 is 1.95 bits per heavy atom. The summed E-state index contributed by atoms with van der Waals surface area (Å²) in [5.74, 6) is -0.721. The van der Waals surface area contributed by atoms with Gasteiger partial charge in [0.1, 0.15) is 24.0 Å². The second-order valence-corrected chi connectivity index (χ2v) is 9.63. The third-order valence-electron chi connectivity index (χ3n) is 7.03. The average molecular weight is 521 g/mol. The summed E-state index contributed by atoms with van der Waals surface area (Å²) in [5.41, 5.74) is 8.55. The third-order valence-corrected chi connectivity index (χ3v) is 7.03. The lowest BCUT2D eigenvalue weighted by Crippen LogP contribution is -2.49. The predicted molar refractivity (Wildman–Crippen MR) is 142 cm³/mol. The molecule has 6 N–H and O–H groups in total. The molecule has 1 aromatic heterocycles. The largest absolute Gasteiger partial charge is 0.483 e. The highest BCUT2D eigenvalue weighted by molar-refractivity contribution is 5.97. The Labute approximate surface area is 220 Å². The molecule has 10 nitrogen and oxygen atoms in total. The van der Waals surface area contributed by atoms with Crippen molar-refractivity contribution >= 4 is 28.4 Å². The van der Waals surface area contributed by atoms with Crippen molar-refractivity contribution in [3.05, 3.63) is 71.9 Å². The molecule has 4 atom stereocenters. The van der Waals surface area contributed by atoms with Crippen LogP contribution in [0.5, 0.6) is 5.75 Å². The van der Waals surface area contributed by atoms with Crippen LogP contribution in [0, 0.1) is 0 Å². The highest BCUT2D eigenvalue weighted by atomic mass is 16.5. The number of rotatable bonds is 8. The minimum atomic E-state index is -1.23. The summed E-state index contributed by atoms with van der Waals surface area (Å²) in [6.07, 6.45) is 0.0157. The van der Waals surface area contributed by atoms with E-state index in [4.69, 9.17) is 15.2 Å². The molecule has 0 radical (unpaired) electrons. The highest BCUT2D eigenvalue weighted by Crippen LogP contribution is 2.28. The fourth-order valence-electron chi connectivity index (χ4n) is 4.93. The highest BCUT2D eigenvalue weighted by Gasteiger charge is 2.35. The number of amides is 2. The maximum Gasteiger partial charge on any atom is 0.247 e. The quantitative estimate of drug-likeness (QED) is 0.298. The van der Waals surface area contributed by atoms with Gasteiger partial charge in [-0.25, -0.2) is 0 Å². The lowest BCUT2D eigenvalue weighted by molar-refractivity contribution is -0.126. The van der Waals surface area contributed by atoms with E-state index in [1.807, 2.05) is 42.5 Å². The summed E-state index contributed by atoms with van der Waals surface area (Å²) in [4.78, 5) is 30.7. The number of carbonyl (C=O) groups is 2. The Bertz CT molecular complexity index is 1330. The Kier molecular flexibility index (Phi) is 7.64. The Hall–Kier alpha value is -3.86. The van der Waals surface area contributed by atoms with Crippen LogP contribution in [0.4, 0.5) is 5.69 Å². The molecular formula is C28H32N4O6. The smallest absolute Gasteiger partial charge is 0.247 e. The molecule has 3 aromatic rings. The molecular weight excluding hydrogens is 488 g/mol. The molecule has 5 rings (SSSR count). The zero-order chi connectivity index (χ0) is 26.6. The molecule has 1 aliphatic heterocycles. The number of aromatic nitrogens is 1. The van der Waals surface area contributed by atoms with Crippen LogP contribution < -0.4 is 20.7 Å². The molecule has 200 valence electrons. The lowest BCUT2D eigenvalue weighted by atomic mass is 9.91. The van der Waals surface area contributed by atoms with Crippen LogP contribution in [0.2, 0.25) is 0 Å². The van der Waals surface area contributed by atoms with E-state index < -0.39 is 36.2 Å². The zero-order valence-electron chi connectivity index (χ0n) is 20.9. The summed E-state index contributed by atoms with van der Waals surface area (Å²) < 4.78 is 11.4. The van der Waals surface area contributed by atoms with E-state index >= 15 is 0 Å². The fourth-order valence-corrected chi connectivity index (χ4v) is 4.93. The van der Waals surface area contributed by atoms with Crippen LogP contribution in [0.15, 0.2) is 66.4 Å². The van der Waals surface area contributed by atoms with E-state index in [2.05, 4.69) is 15.2 Å². The molecule has 1 aliphatic carbocycles. The van der Waals surface area contributed by atoms with Gasteiger partial charge in [-0.1, -0.05) is 24.3 Å². The number of H-pyrrole nitrogens is 1. The number of fused-ring (bicyclic) bond motifs is 1. The van der Waals surface area contributed by atoms with Gasteiger partial charge in [-0.3, -0.25) is 9.59 Å². The molecule has 0 spiro atoms. The van der Waals surface area contributed by atoms with Crippen LogP contribution >= 0.6 is 0 Å². The first-order chi connectivity index (χ1) is 18.4. The molecule has 2 aromatic carbocycles. The van der Waals surface area contributed by atoms with Gasteiger partial charge in [0.2, 0.25) is 11.8 Å². The molecule has 0 unspecified atom stereocenters. The second kappa shape index (κ2) is 11.3. The van der Waals surface area contributed by atoms with Crippen molar-refractivity contribution in [3.8, 4) is 5.75 Å². The number of nitrogens with two attached hydrogens (primary N) is 1. The summed E-state index contributed by atoms with van der Waals surface area (Å²) in [6.45, 7) is 2.81. The molecule has 10 heteroatoms. The number of nitrogens with zero attached hydrogens (tertiary/aromatic N) is 1. The number of nitrogens with one attached hydrogen (secondary N) is 2. The number of anilines is 1. The monoisotopic (exact) mass is 520 g/mol. The second-order valence-electron chi connectivity index (χ2n) is 9.63. The predicted octanol–water partition coefficient (Wildman–Crippen LogP) is 1.02. The van der Waals surface area contributed by atoms with E-state index in [-0.39, 0.29) is 18.4 Å². The summed E-state index contributed by atoms with van der Waals surface area (Å²) in [7, 11) is 0. The lowest BCUT2D eigenvalue weighted by Gasteiger charge is -2.32. The summed E-state index contributed by atoms with van der Waals surface area (Å²) >= 11 is 0. The molecule has 1 fully saturated rings. The van der Waals surface area contributed by atoms with Gasteiger partial charge in [-0.2, -0.15) is 0 Å². The first-order valence-corrected chi connectivity index (χ1v) is 12.7. The standard InChI is InChI=1S/C28H32N4O6/c29-27(35)23(12-18-16-30-22-7-2-1-6-21(18)22)31-28(36)17-13-24(33)26(34)25(14-17)38-20-5-3-4-19(15-20)32-8-10-37-11-9-32/h1-7,14-16,23-26,30,33-34H,8-13H2,(H2,29,35)(H,31,36)/t23-,24-,25-,26-/m1/s1. The Morgan fingerprint density at radius 3 is 2.74 bits per heavy atom. The van der Waals surface area contributed by atoms with Crippen LogP contribution in [0.3, 0.4) is 0 Å². The van der Waals surface area contributed by atoms with Crippen molar-refractivity contribution < 1.29 is 29.3 Å². The number of para-hydroxylation sites is 1. The van der Waals surface area contributed by atoms with Crippen LogP contribution in [0.1, 0.15) is 12.0 Å². The van der Waals surface area contributed by atoms with Crippen LogP contribution in [-0.4, -0.2) is 77.7 Å². The van der Waals surface area contributed by atoms with E-state index in [1.54, 1.807) is 12.3 Å². The Balaban J connectivity index is 1.30. The van der Waals surface area contributed by atoms with E-state index in [0.717, 1.165) is 35.2 Å². The number of benzene rings is 2. The van der Waals surface area contributed by atoms with E-state index in [1.165, 1.54) is 6.08 Å². The van der Waals surface area contributed by atoms with Gasteiger partial charge < -0.3 is 40.6 Å². The molecule has 0 bridgehead atoms. The van der Waals surface area contributed by atoms with Gasteiger partial charge in [-0.05, 0) is 29.8 Å². The summed E-state index contributed by atoms with van der Waals surface area (Å²) in [6, 6.07) is 14.1. The minimum Gasteiger partial charge on any atom is -0.483 e. The number of aliphatic hydroxyl groups excluding tert-OH is 2. The van der Waals surface area contributed by atoms with Crippen molar-refractivity contribution in [2.75, 3.05) is 31.2 Å². The number of ether oxygens (including phenoxy) is 2. The van der Waals surface area contributed by atoms with Crippen molar-refractivity contribution in [2.24, 2.45) is 5.73 Å². The normalized spacial score (nSPS) is 22.5. The number of morpholine rings is 1.